The van der Waals surface area contributed by atoms with Crippen LogP contribution in [0.1, 0.15) is 11.4 Å². The van der Waals surface area contributed by atoms with E-state index < -0.39 is 0 Å². The summed E-state index contributed by atoms with van der Waals surface area (Å²) in [6.45, 7) is 4.98. The average Bonchev–Trinajstić information content (AvgIpc) is 3.05. The van der Waals surface area contributed by atoms with Crippen molar-refractivity contribution in [3.63, 3.8) is 0 Å². The molecule has 3 aromatic heterocycles. The summed E-state index contributed by atoms with van der Waals surface area (Å²) in [5.41, 5.74) is 3.94. The van der Waals surface area contributed by atoms with E-state index in [1.54, 1.807) is 6.20 Å². The number of pyridine rings is 2. The van der Waals surface area contributed by atoms with Gasteiger partial charge in [0.25, 0.3) is 0 Å². The molecule has 0 spiro atoms. The Morgan fingerprint density at radius 1 is 1.19 bits per heavy atom. The molecule has 0 amide bonds. The van der Waals surface area contributed by atoms with Gasteiger partial charge in [-0.25, -0.2) is 14.4 Å². The Labute approximate surface area is 150 Å². The van der Waals surface area contributed by atoms with E-state index in [1.807, 2.05) is 22.7 Å². The SMILES string of the molecule is Fc1cc2nc3c(n2cc1-c1ccc(N2CCNCC2)nc1)COCC3. The number of piperazine rings is 1. The number of anilines is 1. The average molecular weight is 353 g/mol. The Hall–Kier alpha value is -2.51. The highest BCUT2D eigenvalue weighted by Gasteiger charge is 2.19. The van der Waals surface area contributed by atoms with Gasteiger partial charge in [0.05, 0.1) is 24.6 Å². The fraction of sp³-hybridized carbons (Fsp3) is 0.368. The van der Waals surface area contributed by atoms with E-state index in [4.69, 9.17) is 4.74 Å². The third-order valence-corrected chi connectivity index (χ3v) is 5.11. The summed E-state index contributed by atoms with van der Waals surface area (Å²) in [5.74, 6) is 0.655. The van der Waals surface area contributed by atoms with E-state index >= 15 is 0 Å². The Balaban J connectivity index is 1.52. The predicted molar refractivity (Wildman–Crippen MR) is 96.8 cm³/mol. The van der Waals surface area contributed by atoms with Gasteiger partial charge in [0.2, 0.25) is 0 Å². The van der Waals surface area contributed by atoms with Crippen molar-refractivity contribution < 1.29 is 9.13 Å². The fourth-order valence-electron chi connectivity index (χ4n) is 3.69. The molecule has 5 rings (SSSR count). The summed E-state index contributed by atoms with van der Waals surface area (Å²) in [5, 5.41) is 3.33. The first kappa shape index (κ1) is 15.7. The molecule has 0 aromatic carbocycles. The zero-order chi connectivity index (χ0) is 17.5. The molecule has 7 heteroatoms. The molecule has 6 nitrogen and oxygen atoms in total. The first-order valence-electron chi connectivity index (χ1n) is 8.99. The lowest BCUT2D eigenvalue weighted by Crippen LogP contribution is -2.43. The van der Waals surface area contributed by atoms with Crippen LogP contribution in [-0.2, 0) is 17.8 Å². The molecule has 3 aromatic rings. The van der Waals surface area contributed by atoms with Crippen LogP contribution in [0.5, 0.6) is 0 Å². The third kappa shape index (κ3) is 2.64. The van der Waals surface area contributed by atoms with E-state index in [-0.39, 0.29) is 5.82 Å². The smallest absolute Gasteiger partial charge is 0.140 e. The molecule has 134 valence electrons. The number of fused-ring (bicyclic) bond motifs is 3. The number of hydrogen-bond donors (Lipinski definition) is 1. The number of ether oxygens (including phenoxy) is 1. The van der Waals surface area contributed by atoms with Crippen LogP contribution < -0.4 is 10.2 Å². The van der Waals surface area contributed by atoms with Gasteiger partial charge in [-0.05, 0) is 12.1 Å². The van der Waals surface area contributed by atoms with Crippen molar-refractivity contribution in [2.45, 2.75) is 13.0 Å². The van der Waals surface area contributed by atoms with Gasteiger partial charge in [0, 0.05) is 62.2 Å². The molecule has 1 fully saturated rings. The second-order valence-electron chi connectivity index (χ2n) is 6.71. The van der Waals surface area contributed by atoms with Gasteiger partial charge >= 0.3 is 0 Å². The van der Waals surface area contributed by atoms with E-state index in [2.05, 4.69) is 20.2 Å². The highest BCUT2D eigenvalue weighted by molar-refractivity contribution is 5.66. The lowest BCUT2D eigenvalue weighted by atomic mass is 10.1. The van der Waals surface area contributed by atoms with Crippen LogP contribution in [0.3, 0.4) is 0 Å². The zero-order valence-corrected chi connectivity index (χ0v) is 14.4. The lowest BCUT2D eigenvalue weighted by molar-refractivity contribution is 0.106. The first-order chi connectivity index (χ1) is 12.8. The highest BCUT2D eigenvalue weighted by atomic mass is 19.1. The summed E-state index contributed by atoms with van der Waals surface area (Å²) >= 11 is 0. The predicted octanol–water partition coefficient (Wildman–Crippen LogP) is 2.02. The summed E-state index contributed by atoms with van der Waals surface area (Å²) in [4.78, 5) is 11.3. The van der Waals surface area contributed by atoms with Crippen LogP contribution in [-0.4, -0.2) is 47.2 Å². The molecule has 0 atom stereocenters. The summed E-state index contributed by atoms with van der Waals surface area (Å²) in [6.07, 6.45) is 4.34. The van der Waals surface area contributed by atoms with Gasteiger partial charge < -0.3 is 19.4 Å². The van der Waals surface area contributed by atoms with Crippen LogP contribution in [0, 0.1) is 5.82 Å². The molecule has 5 heterocycles. The summed E-state index contributed by atoms with van der Waals surface area (Å²) in [6, 6.07) is 5.41. The van der Waals surface area contributed by atoms with Crippen molar-refractivity contribution in [3.05, 3.63) is 47.8 Å². The molecule has 26 heavy (non-hydrogen) atoms. The maximum atomic E-state index is 14.7. The largest absolute Gasteiger partial charge is 0.375 e. The van der Waals surface area contributed by atoms with E-state index in [0.29, 0.717) is 24.4 Å². The summed E-state index contributed by atoms with van der Waals surface area (Å²) < 4.78 is 22.2. The van der Waals surface area contributed by atoms with Gasteiger partial charge in [0.15, 0.2) is 0 Å². The minimum atomic E-state index is -0.280. The van der Waals surface area contributed by atoms with Gasteiger partial charge in [-0.1, -0.05) is 0 Å². The molecule has 1 N–H and O–H groups in total. The van der Waals surface area contributed by atoms with Gasteiger partial charge in [-0.3, -0.25) is 0 Å². The standard InChI is InChI=1S/C19H20FN5O/c20-15-9-19-23-16-3-8-26-12-17(16)25(19)11-14(15)13-1-2-18(22-10-13)24-6-4-21-5-7-24/h1-2,9-11,21H,3-8,12H2. The Kier molecular flexibility index (Phi) is 3.83. The molecule has 0 aliphatic carbocycles. The third-order valence-electron chi connectivity index (χ3n) is 5.11. The van der Waals surface area contributed by atoms with Crippen LogP contribution in [0.2, 0.25) is 0 Å². The van der Waals surface area contributed by atoms with Crippen molar-refractivity contribution >= 4 is 11.5 Å². The second kappa shape index (κ2) is 6.34. The van der Waals surface area contributed by atoms with E-state index in [0.717, 1.165) is 55.4 Å². The Bertz CT molecular complexity index is 947. The van der Waals surface area contributed by atoms with Crippen molar-refractivity contribution in [2.24, 2.45) is 0 Å². The number of rotatable bonds is 2. The number of aromatic nitrogens is 3. The highest BCUT2D eigenvalue weighted by Crippen LogP contribution is 2.27. The zero-order valence-electron chi connectivity index (χ0n) is 14.4. The van der Waals surface area contributed by atoms with Crippen LogP contribution in [0.25, 0.3) is 16.8 Å². The fourth-order valence-corrected chi connectivity index (χ4v) is 3.69. The molecule has 2 aliphatic heterocycles. The van der Waals surface area contributed by atoms with Crippen LogP contribution in [0.15, 0.2) is 30.6 Å². The molecule has 2 aliphatic rings. The Morgan fingerprint density at radius 2 is 2.08 bits per heavy atom. The number of imidazole rings is 1. The summed E-state index contributed by atoms with van der Waals surface area (Å²) in [7, 11) is 0. The molecule has 1 saturated heterocycles. The molecule has 0 radical (unpaired) electrons. The van der Waals surface area contributed by atoms with Gasteiger partial charge in [-0.2, -0.15) is 0 Å². The van der Waals surface area contributed by atoms with E-state index in [9.17, 15) is 4.39 Å². The first-order valence-corrected chi connectivity index (χ1v) is 8.99. The topological polar surface area (TPSA) is 54.7 Å². The molecular weight excluding hydrogens is 333 g/mol. The van der Waals surface area contributed by atoms with Crippen LogP contribution in [0.4, 0.5) is 10.2 Å². The number of halogens is 1. The Morgan fingerprint density at radius 3 is 2.88 bits per heavy atom. The molecule has 0 bridgehead atoms. The maximum absolute atomic E-state index is 14.7. The van der Waals surface area contributed by atoms with Crippen molar-refractivity contribution in [1.29, 1.82) is 0 Å². The van der Waals surface area contributed by atoms with Gasteiger partial charge in [0.1, 0.15) is 17.3 Å². The van der Waals surface area contributed by atoms with Crippen molar-refractivity contribution in [3.8, 4) is 11.1 Å². The van der Waals surface area contributed by atoms with Crippen molar-refractivity contribution in [2.75, 3.05) is 37.7 Å². The molecule has 0 unspecified atom stereocenters. The van der Waals surface area contributed by atoms with E-state index in [1.165, 1.54) is 6.07 Å². The minimum Gasteiger partial charge on any atom is -0.375 e. The minimum absolute atomic E-state index is 0.280. The lowest BCUT2D eigenvalue weighted by Gasteiger charge is -2.28. The van der Waals surface area contributed by atoms with Crippen LogP contribution >= 0.6 is 0 Å². The molecule has 0 saturated carbocycles. The normalized spacial score (nSPS) is 17.5. The number of nitrogens with one attached hydrogen (secondary N) is 1. The monoisotopic (exact) mass is 353 g/mol. The quantitative estimate of drug-likeness (QED) is 0.764. The number of hydrogen-bond acceptors (Lipinski definition) is 5. The van der Waals surface area contributed by atoms with Crippen molar-refractivity contribution in [1.82, 2.24) is 19.7 Å². The molecular formula is C19H20FN5O. The number of nitrogens with zero attached hydrogens (tertiary/aromatic N) is 4. The second-order valence-corrected chi connectivity index (χ2v) is 6.71. The van der Waals surface area contributed by atoms with Gasteiger partial charge in [-0.15, -0.1) is 0 Å². The maximum Gasteiger partial charge on any atom is 0.140 e.